The van der Waals surface area contributed by atoms with Gasteiger partial charge in [0.05, 0.1) is 47.2 Å². The fourth-order valence-corrected chi connectivity index (χ4v) is 3.71. The van der Waals surface area contributed by atoms with Crippen LogP contribution in [0.15, 0.2) is 55.1 Å². The number of benzene rings is 2. The van der Waals surface area contributed by atoms with Crippen LogP contribution in [0.1, 0.15) is 17.2 Å². The van der Waals surface area contributed by atoms with E-state index in [4.69, 9.17) is 56.2 Å². The molecule has 1 heterocycles. The van der Waals surface area contributed by atoms with E-state index in [1.807, 2.05) is 22.9 Å². The molecule has 3 rings (SSSR count). The van der Waals surface area contributed by atoms with Gasteiger partial charge in [-0.2, -0.15) is 0 Å². The summed E-state index contributed by atoms with van der Waals surface area (Å²) < 4.78 is 8.90. The van der Waals surface area contributed by atoms with E-state index >= 15 is 0 Å². The van der Waals surface area contributed by atoms with Crippen LogP contribution in [0.25, 0.3) is 0 Å². The van der Waals surface area contributed by atoms with Gasteiger partial charge in [-0.05, 0) is 29.8 Å². The van der Waals surface area contributed by atoms with E-state index < -0.39 is 0 Å². The number of quaternary nitrogens is 1. The molecule has 1 aromatic heterocycles. The van der Waals surface area contributed by atoms with Crippen molar-refractivity contribution in [2.24, 2.45) is 0 Å². The fraction of sp³-hybridized carbons (Fsp3) is 0.348. The highest BCUT2D eigenvalue weighted by atomic mass is 35.5. The second kappa shape index (κ2) is 12.8. The maximum absolute atomic E-state index is 8.39. The van der Waals surface area contributed by atoms with Gasteiger partial charge in [0.2, 0.25) is 0 Å². The van der Waals surface area contributed by atoms with Crippen LogP contribution in [-0.4, -0.2) is 53.4 Å². The van der Waals surface area contributed by atoms with Crippen LogP contribution in [-0.2, 0) is 17.9 Å². The van der Waals surface area contributed by atoms with E-state index in [1.165, 1.54) is 0 Å². The molecule has 0 amide bonds. The van der Waals surface area contributed by atoms with Crippen molar-refractivity contribution in [2.45, 2.75) is 19.3 Å². The molecule has 0 radical (unpaired) electrons. The normalized spacial score (nSPS) is 12.2. The molecule has 32 heavy (non-hydrogen) atoms. The van der Waals surface area contributed by atoms with Gasteiger partial charge in [0.1, 0.15) is 12.6 Å². The number of aliphatic hydroxyl groups is 1. The lowest BCUT2D eigenvalue weighted by Crippen LogP contribution is -2.36. The van der Waals surface area contributed by atoms with Crippen LogP contribution in [0.5, 0.6) is 0 Å². The van der Waals surface area contributed by atoms with E-state index in [-0.39, 0.29) is 12.7 Å². The Hall–Kier alpha value is -1.31. The highest BCUT2D eigenvalue weighted by Crippen LogP contribution is 2.31. The molecule has 3 aromatic rings. The summed E-state index contributed by atoms with van der Waals surface area (Å²) in [6.45, 7) is 2.00. The maximum atomic E-state index is 8.39. The van der Waals surface area contributed by atoms with E-state index in [1.54, 1.807) is 36.8 Å². The summed E-state index contributed by atoms with van der Waals surface area (Å²) in [6.07, 6.45) is 5.03. The minimum absolute atomic E-state index is 0.281. The molecule has 0 aliphatic heterocycles. The summed E-state index contributed by atoms with van der Waals surface area (Å²) in [6, 6.07) is 10.7. The number of halogens is 4. The fourth-order valence-electron chi connectivity index (χ4n) is 2.72. The summed E-state index contributed by atoms with van der Waals surface area (Å²) in [5, 5.41) is 10.7. The maximum Gasteiger partial charge on any atom is 0.102 e. The molecule has 0 saturated heterocycles. The van der Waals surface area contributed by atoms with Gasteiger partial charge in [-0.1, -0.05) is 58.5 Å². The van der Waals surface area contributed by atoms with Crippen LogP contribution in [0.3, 0.4) is 0 Å². The average Bonchev–Trinajstić information content (AvgIpc) is 3.19. The average molecular weight is 520 g/mol. The third kappa shape index (κ3) is 9.28. The molecule has 9 heteroatoms. The first-order valence-electron chi connectivity index (χ1n) is 9.96. The Morgan fingerprint density at radius 3 is 2.16 bits per heavy atom. The standard InChI is InChI=1S/C18H14Cl4N2O.C5H14NO/c19-13-2-1-12(16(21)7-13)10-25-18(9-24-6-5-23-11-24)15-4-3-14(20)8-17(15)22;1-6(2,3)4-5-7/h1-8,11,18H,9-10H2;7H,4-5H2,1-3H3/q;+1. The van der Waals surface area contributed by atoms with Crippen molar-refractivity contribution in [3.05, 3.63) is 86.3 Å². The topological polar surface area (TPSA) is 47.3 Å². The minimum Gasteiger partial charge on any atom is -0.391 e. The zero-order valence-electron chi connectivity index (χ0n) is 18.3. The Morgan fingerprint density at radius 2 is 1.66 bits per heavy atom. The van der Waals surface area contributed by atoms with Crippen LogP contribution in [0, 0.1) is 0 Å². The third-order valence-corrected chi connectivity index (χ3v) is 5.62. The summed E-state index contributed by atoms with van der Waals surface area (Å²) in [4.78, 5) is 4.07. The molecule has 1 N–H and O–H groups in total. The van der Waals surface area contributed by atoms with Crippen molar-refractivity contribution in [2.75, 3.05) is 34.3 Å². The highest BCUT2D eigenvalue weighted by molar-refractivity contribution is 6.35. The predicted octanol–water partition coefficient (Wildman–Crippen LogP) is 6.14. The van der Waals surface area contributed by atoms with Crippen molar-refractivity contribution in [1.82, 2.24) is 9.55 Å². The molecule has 0 fully saturated rings. The predicted molar refractivity (Wildman–Crippen MR) is 133 cm³/mol. The number of nitrogens with zero attached hydrogens (tertiary/aromatic N) is 3. The molecule has 0 aliphatic rings. The monoisotopic (exact) mass is 518 g/mol. The number of hydrogen-bond donors (Lipinski definition) is 1. The lowest BCUT2D eigenvalue weighted by Gasteiger charge is -2.21. The van der Waals surface area contributed by atoms with Crippen LogP contribution in [0.4, 0.5) is 0 Å². The van der Waals surface area contributed by atoms with E-state index in [0.29, 0.717) is 33.2 Å². The Balaban J connectivity index is 0.000000451. The molecule has 174 valence electrons. The zero-order valence-corrected chi connectivity index (χ0v) is 21.3. The number of hydrogen-bond acceptors (Lipinski definition) is 3. The third-order valence-electron chi connectivity index (χ3n) is 4.47. The molecule has 2 aromatic carbocycles. The second-order valence-corrected chi connectivity index (χ2v) is 9.89. The lowest BCUT2D eigenvalue weighted by atomic mass is 10.1. The minimum atomic E-state index is -0.286. The quantitative estimate of drug-likeness (QED) is 0.363. The van der Waals surface area contributed by atoms with Crippen molar-refractivity contribution < 1.29 is 14.3 Å². The molecule has 1 atom stereocenters. The molecular weight excluding hydrogens is 492 g/mol. The Labute approximate surface area is 209 Å². The van der Waals surface area contributed by atoms with Gasteiger partial charge in [-0.15, -0.1) is 0 Å². The molecule has 0 saturated carbocycles. The van der Waals surface area contributed by atoms with Gasteiger partial charge in [0, 0.05) is 38.0 Å². The van der Waals surface area contributed by atoms with Crippen molar-refractivity contribution in [3.63, 3.8) is 0 Å². The van der Waals surface area contributed by atoms with Gasteiger partial charge in [-0.25, -0.2) is 4.98 Å². The first-order chi connectivity index (χ1) is 15.1. The molecule has 0 spiro atoms. The zero-order chi connectivity index (χ0) is 23.7. The second-order valence-electron chi connectivity index (χ2n) is 8.20. The summed E-state index contributed by atoms with van der Waals surface area (Å²) in [7, 11) is 6.16. The van der Waals surface area contributed by atoms with Crippen molar-refractivity contribution in [1.29, 1.82) is 0 Å². The van der Waals surface area contributed by atoms with Crippen LogP contribution >= 0.6 is 46.4 Å². The van der Waals surface area contributed by atoms with E-state index in [9.17, 15) is 0 Å². The number of likely N-dealkylation sites (N-methyl/N-ethyl adjacent to an activating group) is 1. The Bertz CT molecular complexity index is 976. The number of ether oxygens (including phenoxy) is 1. The summed E-state index contributed by atoms with van der Waals surface area (Å²) in [5.74, 6) is 0. The van der Waals surface area contributed by atoms with Crippen molar-refractivity contribution >= 4 is 46.4 Å². The van der Waals surface area contributed by atoms with Gasteiger partial charge in [-0.3, -0.25) is 0 Å². The number of aliphatic hydroxyl groups excluding tert-OH is 1. The van der Waals surface area contributed by atoms with E-state index in [0.717, 1.165) is 22.2 Å². The molecule has 0 aliphatic carbocycles. The van der Waals surface area contributed by atoms with E-state index in [2.05, 4.69) is 26.1 Å². The molecule has 0 bridgehead atoms. The number of rotatable bonds is 8. The largest absolute Gasteiger partial charge is 0.391 e. The van der Waals surface area contributed by atoms with Crippen molar-refractivity contribution in [3.8, 4) is 0 Å². The number of imidazole rings is 1. The first kappa shape index (κ1) is 26.9. The van der Waals surface area contributed by atoms with Gasteiger partial charge < -0.3 is 18.9 Å². The van der Waals surface area contributed by atoms with Crippen LogP contribution < -0.4 is 0 Å². The first-order valence-corrected chi connectivity index (χ1v) is 11.5. The number of aromatic nitrogens is 2. The van der Waals surface area contributed by atoms with Gasteiger partial charge in [0.15, 0.2) is 0 Å². The smallest absolute Gasteiger partial charge is 0.102 e. The molecule has 5 nitrogen and oxygen atoms in total. The SMILES string of the molecule is C[N+](C)(C)CCO.Clc1ccc(COC(Cn2ccnc2)c2ccc(Cl)cc2Cl)c(Cl)c1. The summed E-state index contributed by atoms with van der Waals surface area (Å²) >= 11 is 24.5. The van der Waals surface area contributed by atoms with Gasteiger partial charge in [0.25, 0.3) is 0 Å². The lowest BCUT2D eigenvalue weighted by molar-refractivity contribution is -0.870. The van der Waals surface area contributed by atoms with Gasteiger partial charge >= 0.3 is 0 Å². The highest BCUT2D eigenvalue weighted by Gasteiger charge is 2.17. The Morgan fingerprint density at radius 1 is 1.00 bits per heavy atom. The molecular formula is C23H28Cl4N3O2+. The molecule has 1 unspecified atom stereocenters. The summed E-state index contributed by atoms with van der Waals surface area (Å²) in [5.41, 5.74) is 1.71. The van der Waals surface area contributed by atoms with Crippen LogP contribution in [0.2, 0.25) is 20.1 Å². The Kier molecular flexibility index (Phi) is 10.8.